The zero-order valence-electron chi connectivity index (χ0n) is 13.4. The second-order valence-corrected chi connectivity index (χ2v) is 8.63. The van der Waals surface area contributed by atoms with Crippen LogP contribution in [0.15, 0.2) is 51.8 Å². The number of halogens is 4. The summed E-state index contributed by atoms with van der Waals surface area (Å²) in [6, 6.07) is 8.49. The van der Waals surface area contributed by atoms with E-state index in [1.54, 1.807) is 0 Å². The fraction of sp³-hybridized carbons (Fsp3) is 0.294. The Hall–Kier alpha value is -1.58. The monoisotopic (exact) mass is 449 g/mol. The number of nitrogens with one attached hydrogen (secondary N) is 1. The number of alkyl halides is 3. The molecule has 3 rings (SSSR count). The number of rotatable bonds is 6. The number of ether oxygens (including phenoxy) is 1. The lowest BCUT2D eigenvalue weighted by Gasteiger charge is -2.12. The summed E-state index contributed by atoms with van der Waals surface area (Å²) in [5.74, 6) is 0.919. The molecule has 4 nitrogen and oxygen atoms in total. The average Bonchev–Trinajstić information content (AvgIpc) is 3.39. The fourth-order valence-corrected chi connectivity index (χ4v) is 3.96. The largest absolute Gasteiger partial charge is 0.456 e. The lowest BCUT2D eigenvalue weighted by atomic mass is 10.2. The topological polar surface area (TPSA) is 55.4 Å². The van der Waals surface area contributed by atoms with Crippen LogP contribution in [0.3, 0.4) is 0 Å². The van der Waals surface area contributed by atoms with Gasteiger partial charge >= 0.3 is 6.18 Å². The molecular weight excluding hydrogens is 435 g/mol. The highest BCUT2D eigenvalue weighted by atomic mass is 79.9. The number of sulfonamides is 1. The van der Waals surface area contributed by atoms with Gasteiger partial charge in [0, 0.05) is 6.54 Å². The van der Waals surface area contributed by atoms with Gasteiger partial charge in [0.15, 0.2) is 0 Å². The fourth-order valence-electron chi connectivity index (χ4n) is 2.20. The molecule has 0 aliphatic heterocycles. The highest BCUT2D eigenvalue weighted by Crippen LogP contribution is 2.34. The van der Waals surface area contributed by atoms with Crippen LogP contribution < -0.4 is 9.46 Å². The molecule has 1 N–H and O–H groups in total. The maximum absolute atomic E-state index is 12.6. The first-order valence-corrected chi connectivity index (χ1v) is 10.1. The van der Waals surface area contributed by atoms with Gasteiger partial charge < -0.3 is 4.74 Å². The van der Waals surface area contributed by atoms with Gasteiger partial charge in [0.2, 0.25) is 10.0 Å². The van der Waals surface area contributed by atoms with E-state index in [4.69, 9.17) is 4.74 Å². The summed E-state index contributed by atoms with van der Waals surface area (Å²) in [5, 5.41) is 0. The molecule has 1 aliphatic rings. The van der Waals surface area contributed by atoms with Crippen LogP contribution in [0.4, 0.5) is 13.2 Å². The van der Waals surface area contributed by atoms with E-state index in [1.807, 2.05) is 0 Å². The Morgan fingerprint density at radius 1 is 1.12 bits per heavy atom. The minimum atomic E-state index is -4.41. The molecule has 140 valence electrons. The van der Waals surface area contributed by atoms with Crippen LogP contribution in [0.25, 0.3) is 0 Å². The van der Waals surface area contributed by atoms with Crippen molar-refractivity contribution in [2.45, 2.75) is 23.9 Å². The van der Waals surface area contributed by atoms with Gasteiger partial charge in [0.05, 0.1) is 14.9 Å². The van der Waals surface area contributed by atoms with Crippen LogP contribution in [0.1, 0.15) is 18.4 Å². The lowest BCUT2D eigenvalue weighted by Crippen LogP contribution is -2.25. The Balaban J connectivity index is 1.73. The quantitative estimate of drug-likeness (QED) is 0.678. The standard InChI is InChI=1S/C17H15BrF3NO3S/c18-15-9-14(26(23,24)22-10-11-1-2-11)7-8-16(15)25-13-5-3-12(4-6-13)17(19,20)21/h3-9,11,22H,1-2,10H2. The molecule has 0 atom stereocenters. The van der Waals surface area contributed by atoms with Crippen molar-refractivity contribution in [2.24, 2.45) is 5.92 Å². The first-order chi connectivity index (χ1) is 12.1. The minimum Gasteiger partial charge on any atom is -0.456 e. The second-order valence-electron chi connectivity index (χ2n) is 6.01. The maximum atomic E-state index is 12.6. The Morgan fingerprint density at radius 2 is 1.77 bits per heavy atom. The molecule has 1 fully saturated rings. The summed E-state index contributed by atoms with van der Waals surface area (Å²) in [6.45, 7) is 0.420. The van der Waals surface area contributed by atoms with Gasteiger partial charge in [-0.2, -0.15) is 13.2 Å². The smallest absolute Gasteiger partial charge is 0.416 e. The summed E-state index contributed by atoms with van der Waals surface area (Å²) < 4.78 is 70.7. The predicted molar refractivity (Wildman–Crippen MR) is 93.6 cm³/mol. The van der Waals surface area contributed by atoms with E-state index in [-0.39, 0.29) is 10.6 Å². The van der Waals surface area contributed by atoms with Gasteiger partial charge in [-0.3, -0.25) is 0 Å². The van der Waals surface area contributed by atoms with Crippen LogP contribution in [0.5, 0.6) is 11.5 Å². The zero-order valence-corrected chi connectivity index (χ0v) is 15.8. The van der Waals surface area contributed by atoms with E-state index in [2.05, 4.69) is 20.7 Å². The molecule has 0 bridgehead atoms. The van der Waals surface area contributed by atoms with Gasteiger partial charge in [-0.15, -0.1) is 0 Å². The van der Waals surface area contributed by atoms with Crippen molar-refractivity contribution in [3.63, 3.8) is 0 Å². The Labute approximate surface area is 157 Å². The third-order valence-corrected chi connectivity index (χ3v) is 5.92. The molecule has 1 saturated carbocycles. The summed E-state index contributed by atoms with van der Waals surface area (Å²) in [5.41, 5.74) is -0.771. The van der Waals surface area contributed by atoms with Crippen molar-refractivity contribution in [3.8, 4) is 11.5 Å². The van der Waals surface area contributed by atoms with Crippen molar-refractivity contribution in [1.29, 1.82) is 0 Å². The van der Waals surface area contributed by atoms with Gasteiger partial charge in [-0.05, 0) is 77.2 Å². The van der Waals surface area contributed by atoms with Crippen molar-refractivity contribution < 1.29 is 26.3 Å². The summed E-state index contributed by atoms with van der Waals surface area (Å²) >= 11 is 3.24. The zero-order chi connectivity index (χ0) is 18.9. The summed E-state index contributed by atoms with van der Waals surface area (Å²) in [7, 11) is -3.61. The van der Waals surface area contributed by atoms with Gasteiger partial charge in [0.25, 0.3) is 0 Å². The molecule has 2 aromatic carbocycles. The van der Waals surface area contributed by atoms with Crippen molar-refractivity contribution >= 4 is 26.0 Å². The Bertz CT molecular complexity index is 894. The first-order valence-electron chi connectivity index (χ1n) is 7.79. The maximum Gasteiger partial charge on any atom is 0.416 e. The van der Waals surface area contributed by atoms with Gasteiger partial charge in [-0.25, -0.2) is 13.1 Å². The van der Waals surface area contributed by atoms with Crippen LogP contribution >= 0.6 is 15.9 Å². The van der Waals surface area contributed by atoms with Crippen LogP contribution in [0.2, 0.25) is 0 Å². The molecule has 9 heteroatoms. The second kappa shape index (κ2) is 7.21. The normalized spacial score (nSPS) is 15.1. The van der Waals surface area contributed by atoms with Gasteiger partial charge in [0.1, 0.15) is 11.5 Å². The van der Waals surface area contributed by atoms with E-state index in [0.29, 0.717) is 22.7 Å². The molecule has 0 heterocycles. The van der Waals surface area contributed by atoms with Crippen LogP contribution in [-0.4, -0.2) is 15.0 Å². The highest BCUT2D eigenvalue weighted by Gasteiger charge is 2.30. The third kappa shape index (κ3) is 4.77. The first kappa shape index (κ1) is 19.2. The molecule has 26 heavy (non-hydrogen) atoms. The van der Waals surface area contributed by atoms with Gasteiger partial charge in [-0.1, -0.05) is 0 Å². The molecule has 0 saturated heterocycles. The number of hydrogen-bond donors (Lipinski definition) is 1. The Kier molecular flexibility index (Phi) is 5.32. The van der Waals surface area contributed by atoms with E-state index in [9.17, 15) is 21.6 Å². The van der Waals surface area contributed by atoms with E-state index >= 15 is 0 Å². The summed E-state index contributed by atoms with van der Waals surface area (Å²) in [6.07, 6.45) is -2.35. The Morgan fingerprint density at radius 3 is 2.31 bits per heavy atom. The molecule has 2 aromatic rings. The SMILES string of the molecule is O=S(=O)(NCC1CC1)c1ccc(Oc2ccc(C(F)(F)F)cc2)c(Br)c1. The molecule has 0 unspecified atom stereocenters. The van der Waals surface area contributed by atoms with Crippen molar-refractivity contribution in [1.82, 2.24) is 4.72 Å². The number of hydrogen-bond acceptors (Lipinski definition) is 3. The average molecular weight is 450 g/mol. The van der Waals surface area contributed by atoms with E-state index in [1.165, 1.54) is 30.3 Å². The molecule has 0 spiro atoms. The minimum absolute atomic E-state index is 0.0878. The van der Waals surface area contributed by atoms with Crippen LogP contribution in [0, 0.1) is 5.92 Å². The number of benzene rings is 2. The van der Waals surface area contributed by atoms with E-state index < -0.39 is 21.8 Å². The van der Waals surface area contributed by atoms with Crippen LogP contribution in [-0.2, 0) is 16.2 Å². The van der Waals surface area contributed by atoms with Crippen molar-refractivity contribution in [2.75, 3.05) is 6.54 Å². The predicted octanol–water partition coefficient (Wildman–Crippen LogP) is 4.95. The summed E-state index contributed by atoms with van der Waals surface area (Å²) in [4.78, 5) is 0.0878. The third-order valence-electron chi connectivity index (χ3n) is 3.88. The highest BCUT2D eigenvalue weighted by molar-refractivity contribution is 9.10. The van der Waals surface area contributed by atoms with E-state index in [0.717, 1.165) is 25.0 Å². The van der Waals surface area contributed by atoms with Crippen molar-refractivity contribution in [3.05, 3.63) is 52.5 Å². The molecule has 0 aromatic heterocycles. The molecule has 1 aliphatic carbocycles. The lowest BCUT2D eigenvalue weighted by molar-refractivity contribution is -0.137. The molecule has 0 radical (unpaired) electrons. The molecule has 0 amide bonds. The molecular formula is C17H15BrF3NO3S.